The Balaban J connectivity index is 2.01. The van der Waals surface area contributed by atoms with Gasteiger partial charge in [0.1, 0.15) is 11.9 Å². The van der Waals surface area contributed by atoms with Crippen molar-refractivity contribution in [1.82, 2.24) is 10.2 Å². The van der Waals surface area contributed by atoms with Crippen LogP contribution in [-0.4, -0.2) is 28.8 Å². The summed E-state index contributed by atoms with van der Waals surface area (Å²) in [5.74, 6) is -1.16. The molecule has 0 saturated heterocycles. The van der Waals surface area contributed by atoms with Crippen LogP contribution in [0.4, 0.5) is 4.39 Å². The second-order valence-corrected chi connectivity index (χ2v) is 9.16. The number of halogens is 2. The first-order chi connectivity index (χ1) is 16.2. The van der Waals surface area contributed by atoms with Gasteiger partial charge in [-0.15, -0.1) is 0 Å². The van der Waals surface area contributed by atoms with E-state index in [1.165, 1.54) is 12.1 Å². The van der Waals surface area contributed by atoms with Gasteiger partial charge >= 0.3 is 0 Å². The minimum Gasteiger partial charge on any atom is -0.352 e. The predicted octanol–water partition coefficient (Wildman–Crippen LogP) is 5.49. The molecule has 0 saturated carbocycles. The first-order valence-corrected chi connectivity index (χ1v) is 11.7. The lowest BCUT2D eigenvalue weighted by Gasteiger charge is -2.32. The molecule has 1 atom stereocenters. The smallest absolute Gasteiger partial charge is 0.243 e. The van der Waals surface area contributed by atoms with Gasteiger partial charge in [-0.25, -0.2) is 4.39 Å². The van der Waals surface area contributed by atoms with E-state index in [1.807, 2.05) is 75.4 Å². The molecule has 2 amide bonds. The van der Waals surface area contributed by atoms with Gasteiger partial charge < -0.3 is 10.2 Å². The van der Waals surface area contributed by atoms with Crippen molar-refractivity contribution >= 4 is 23.4 Å². The molecule has 0 heterocycles. The van der Waals surface area contributed by atoms with E-state index in [2.05, 4.69) is 5.32 Å². The number of hydrogen-bond donors (Lipinski definition) is 1. The van der Waals surface area contributed by atoms with E-state index < -0.39 is 11.9 Å². The predicted molar refractivity (Wildman–Crippen MR) is 134 cm³/mol. The maximum atomic E-state index is 14.5. The van der Waals surface area contributed by atoms with Crippen LogP contribution in [-0.2, 0) is 29.0 Å². The minimum absolute atomic E-state index is 0.0947. The number of amides is 2. The van der Waals surface area contributed by atoms with Crippen molar-refractivity contribution in [2.24, 2.45) is 0 Å². The third kappa shape index (κ3) is 6.91. The van der Waals surface area contributed by atoms with E-state index in [0.29, 0.717) is 6.42 Å². The number of aryl methyl sites for hydroxylation is 1. The van der Waals surface area contributed by atoms with Crippen LogP contribution in [0.5, 0.6) is 0 Å². The number of hydrogen-bond acceptors (Lipinski definition) is 2. The van der Waals surface area contributed by atoms with Crippen LogP contribution in [0.1, 0.15) is 36.1 Å². The number of nitrogens with zero attached hydrogens (tertiary/aromatic N) is 1. The molecule has 6 heteroatoms. The lowest BCUT2D eigenvalue weighted by molar-refractivity contribution is -0.141. The Morgan fingerprint density at radius 1 is 0.971 bits per heavy atom. The molecule has 34 heavy (non-hydrogen) atoms. The summed E-state index contributed by atoms with van der Waals surface area (Å²) in [5, 5.41) is 3.14. The van der Waals surface area contributed by atoms with Gasteiger partial charge in [-0.2, -0.15) is 0 Å². The Bertz CT molecular complexity index is 1110. The van der Waals surface area contributed by atoms with Crippen molar-refractivity contribution in [3.8, 4) is 0 Å². The molecule has 0 aliphatic heterocycles. The highest BCUT2D eigenvalue weighted by atomic mass is 35.5. The summed E-state index contributed by atoms with van der Waals surface area (Å²) in [6, 6.07) is 20.8. The van der Waals surface area contributed by atoms with Crippen molar-refractivity contribution in [3.05, 3.63) is 106 Å². The zero-order valence-electron chi connectivity index (χ0n) is 19.7. The van der Waals surface area contributed by atoms with Gasteiger partial charge in [0.05, 0.1) is 6.42 Å². The monoisotopic (exact) mass is 480 g/mol. The van der Waals surface area contributed by atoms with E-state index in [9.17, 15) is 14.0 Å². The quantitative estimate of drug-likeness (QED) is 0.440. The Morgan fingerprint density at radius 2 is 1.65 bits per heavy atom. The van der Waals surface area contributed by atoms with Crippen LogP contribution in [0.2, 0.25) is 5.02 Å². The van der Waals surface area contributed by atoms with E-state index >= 15 is 0 Å². The zero-order valence-corrected chi connectivity index (χ0v) is 20.5. The normalized spacial score (nSPS) is 11.8. The van der Waals surface area contributed by atoms with Gasteiger partial charge in [0.2, 0.25) is 11.8 Å². The highest BCUT2D eigenvalue weighted by Crippen LogP contribution is 2.22. The summed E-state index contributed by atoms with van der Waals surface area (Å²) in [7, 11) is 0. The molecule has 3 aromatic carbocycles. The SMILES string of the molecule is Cc1cccc(CN(C(=O)Cc2c(F)cccc2Cl)[C@@H](Cc2ccccc2)C(=O)NC(C)C)c1. The molecular formula is C28H30ClFN2O2. The largest absolute Gasteiger partial charge is 0.352 e. The molecule has 0 fully saturated rings. The summed E-state index contributed by atoms with van der Waals surface area (Å²) in [6.07, 6.45) is 0.0967. The molecule has 0 aromatic heterocycles. The summed E-state index contributed by atoms with van der Waals surface area (Å²) in [5.41, 5.74) is 3.00. The third-order valence-electron chi connectivity index (χ3n) is 5.53. The maximum Gasteiger partial charge on any atom is 0.243 e. The molecule has 178 valence electrons. The summed E-state index contributed by atoms with van der Waals surface area (Å²) in [6.45, 7) is 5.95. The maximum absolute atomic E-state index is 14.5. The first kappa shape index (κ1) is 25.4. The molecule has 0 radical (unpaired) electrons. The second kappa shape index (κ2) is 11.8. The van der Waals surface area contributed by atoms with Crippen molar-refractivity contribution in [2.45, 2.75) is 52.2 Å². The Morgan fingerprint density at radius 3 is 2.29 bits per heavy atom. The van der Waals surface area contributed by atoms with Crippen molar-refractivity contribution in [3.63, 3.8) is 0 Å². The molecule has 1 N–H and O–H groups in total. The molecule has 0 unspecified atom stereocenters. The van der Waals surface area contributed by atoms with Gasteiger partial charge in [0.25, 0.3) is 0 Å². The van der Waals surface area contributed by atoms with Crippen molar-refractivity contribution < 1.29 is 14.0 Å². The van der Waals surface area contributed by atoms with Crippen molar-refractivity contribution in [1.29, 1.82) is 0 Å². The fraction of sp³-hybridized carbons (Fsp3) is 0.286. The third-order valence-corrected chi connectivity index (χ3v) is 5.88. The summed E-state index contributed by atoms with van der Waals surface area (Å²) >= 11 is 6.21. The molecule has 3 rings (SSSR count). The van der Waals surface area contributed by atoms with Crippen LogP contribution in [0, 0.1) is 12.7 Å². The van der Waals surface area contributed by atoms with E-state index in [-0.39, 0.29) is 41.4 Å². The van der Waals surface area contributed by atoms with Crippen LogP contribution in [0.25, 0.3) is 0 Å². The molecule has 0 aliphatic carbocycles. The fourth-order valence-corrected chi connectivity index (χ4v) is 4.13. The number of benzene rings is 3. The Kier molecular flexibility index (Phi) is 8.83. The van der Waals surface area contributed by atoms with Gasteiger partial charge in [-0.05, 0) is 44.0 Å². The molecular weight excluding hydrogens is 451 g/mol. The highest BCUT2D eigenvalue weighted by molar-refractivity contribution is 6.31. The van der Waals surface area contributed by atoms with Crippen molar-refractivity contribution in [2.75, 3.05) is 0 Å². The van der Waals surface area contributed by atoms with E-state index in [4.69, 9.17) is 11.6 Å². The van der Waals surface area contributed by atoms with Gasteiger partial charge in [0.15, 0.2) is 0 Å². The average Bonchev–Trinajstić information content (AvgIpc) is 2.79. The number of carbonyl (C=O) groups is 2. The summed E-state index contributed by atoms with van der Waals surface area (Å²) < 4.78 is 14.5. The molecule has 3 aromatic rings. The van der Waals surface area contributed by atoms with Crippen LogP contribution < -0.4 is 5.32 Å². The number of nitrogens with one attached hydrogen (secondary N) is 1. The number of rotatable bonds is 9. The fourth-order valence-electron chi connectivity index (χ4n) is 3.90. The lowest BCUT2D eigenvalue weighted by Crippen LogP contribution is -2.52. The topological polar surface area (TPSA) is 49.4 Å². The Hall–Kier alpha value is -3.18. The lowest BCUT2D eigenvalue weighted by atomic mass is 10.0. The highest BCUT2D eigenvalue weighted by Gasteiger charge is 2.31. The van der Waals surface area contributed by atoms with Crippen LogP contribution >= 0.6 is 11.6 Å². The van der Waals surface area contributed by atoms with Crippen LogP contribution in [0.15, 0.2) is 72.8 Å². The minimum atomic E-state index is -0.775. The standard InChI is InChI=1S/C28H30ClFN2O2/c1-19(2)31-28(34)26(16-21-10-5-4-6-11-21)32(18-22-12-7-9-20(3)15-22)27(33)17-23-24(29)13-8-14-25(23)30/h4-15,19,26H,16-18H2,1-3H3,(H,31,34)/t26-/m0/s1. The van der Waals surface area contributed by atoms with Gasteiger partial charge in [-0.3, -0.25) is 9.59 Å². The van der Waals surface area contributed by atoms with Crippen LogP contribution in [0.3, 0.4) is 0 Å². The second-order valence-electron chi connectivity index (χ2n) is 8.76. The Labute approximate surface area is 205 Å². The molecule has 0 bridgehead atoms. The first-order valence-electron chi connectivity index (χ1n) is 11.4. The van der Waals surface area contributed by atoms with E-state index in [0.717, 1.165) is 16.7 Å². The number of carbonyl (C=O) groups excluding carboxylic acids is 2. The van der Waals surface area contributed by atoms with Gasteiger partial charge in [0, 0.05) is 29.6 Å². The summed E-state index contributed by atoms with van der Waals surface area (Å²) in [4.78, 5) is 28.5. The van der Waals surface area contributed by atoms with Gasteiger partial charge in [-0.1, -0.05) is 77.8 Å². The molecule has 0 aliphatic rings. The zero-order chi connectivity index (χ0) is 24.7. The average molecular weight is 481 g/mol. The molecule has 0 spiro atoms. The molecule has 4 nitrogen and oxygen atoms in total. The van der Waals surface area contributed by atoms with E-state index in [1.54, 1.807) is 11.0 Å².